The molecule has 2 rings (SSSR count). The number of pyridine rings is 1. The first kappa shape index (κ1) is 12.5. The monoisotopic (exact) mass is 234 g/mol. The highest BCUT2D eigenvalue weighted by molar-refractivity contribution is 5.21. The van der Waals surface area contributed by atoms with E-state index in [4.69, 9.17) is 4.74 Å². The third kappa shape index (κ3) is 2.67. The van der Waals surface area contributed by atoms with E-state index in [0.29, 0.717) is 0 Å². The van der Waals surface area contributed by atoms with E-state index in [-0.39, 0.29) is 11.6 Å². The molecule has 94 valence electrons. The molecule has 0 amide bonds. The standard InChI is InChI=1S/C14H22N2O/c1-4-15-13(14(3)8-5-9-17-14)12-7-6-11(2)16-10-12/h6-7,10,13,15H,4-5,8-9H2,1-3H3. The van der Waals surface area contributed by atoms with Gasteiger partial charge < -0.3 is 10.1 Å². The van der Waals surface area contributed by atoms with E-state index in [1.165, 1.54) is 5.56 Å². The van der Waals surface area contributed by atoms with Crippen molar-refractivity contribution in [2.24, 2.45) is 0 Å². The van der Waals surface area contributed by atoms with Gasteiger partial charge in [-0.2, -0.15) is 0 Å². The maximum absolute atomic E-state index is 5.95. The van der Waals surface area contributed by atoms with E-state index in [1.54, 1.807) is 0 Å². The molecule has 1 aliphatic heterocycles. The Bertz CT molecular complexity index is 355. The second-order valence-electron chi connectivity index (χ2n) is 4.99. The minimum Gasteiger partial charge on any atom is -0.373 e. The molecule has 0 bridgehead atoms. The van der Waals surface area contributed by atoms with Gasteiger partial charge in [-0.1, -0.05) is 13.0 Å². The van der Waals surface area contributed by atoms with Gasteiger partial charge in [-0.05, 0) is 44.9 Å². The molecule has 1 fully saturated rings. The third-order valence-electron chi connectivity index (χ3n) is 3.54. The summed E-state index contributed by atoms with van der Waals surface area (Å²) in [5.74, 6) is 0. The molecule has 0 saturated carbocycles. The SMILES string of the molecule is CCNC(c1ccc(C)nc1)C1(C)CCCO1. The van der Waals surface area contributed by atoms with E-state index < -0.39 is 0 Å². The van der Waals surface area contributed by atoms with E-state index >= 15 is 0 Å². The number of hydrogen-bond acceptors (Lipinski definition) is 3. The number of nitrogens with one attached hydrogen (secondary N) is 1. The molecular weight excluding hydrogens is 212 g/mol. The van der Waals surface area contributed by atoms with Crippen molar-refractivity contribution >= 4 is 0 Å². The topological polar surface area (TPSA) is 34.2 Å². The van der Waals surface area contributed by atoms with Gasteiger partial charge in [0.2, 0.25) is 0 Å². The quantitative estimate of drug-likeness (QED) is 0.869. The summed E-state index contributed by atoms with van der Waals surface area (Å²) in [4.78, 5) is 4.39. The normalized spacial score (nSPS) is 26.1. The lowest BCUT2D eigenvalue weighted by molar-refractivity contribution is -0.0121. The van der Waals surface area contributed by atoms with Crippen molar-refractivity contribution in [3.05, 3.63) is 29.6 Å². The van der Waals surface area contributed by atoms with Crippen LogP contribution in [-0.2, 0) is 4.74 Å². The van der Waals surface area contributed by atoms with Gasteiger partial charge in [0.25, 0.3) is 0 Å². The number of nitrogens with zero attached hydrogens (tertiary/aromatic N) is 1. The van der Waals surface area contributed by atoms with E-state index in [9.17, 15) is 0 Å². The zero-order chi connectivity index (χ0) is 12.3. The number of hydrogen-bond donors (Lipinski definition) is 1. The molecule has 3 nitrogen and oxygen atoms in total. The van der Waals surface area contributed by atoms with Gasteiger partial charge in [-0.3, -0.25) is 4.98 Å². The second kappa shape index (κ2) is 5.15. The zero-order valence-electron chi connectivity index (χ0n) is 11.0. The zero-order valence-corrected chi connectivity index (χ0v) is 11.0. The Hall–Kier alpha value is -0.930. The Morgan fingerprint density at radius 2 is 2.35 bits per heavy atom. The van der Waals surface area contributed by atoms with Crippen molar-refractivity contribution in [2.45, 2.75) is 45.3 Å². The summed E-state index contributed by atoms with van der Waals surface area (Å²) in [7, 11) is 0. The van der Waals surface area contributed by atoms with Crippen molar-refractivity contribution in [1.29, 1.82) is 0 Å². The largest absolute Gasteiger partial charge is 0.373 e. The van der Waals surface area contributed by atoms with Crippen LogP contribution in [0.5, 0.6) is 0 Å². The van der Waals surface area contributed by atoms with Crippen LogP contribution in [0.3, 0.4) is 0 Å². The van der Waals surface area contributed by atoms with E-state index in [1.807, 2.05) is 13.1 Å². The number of aryl methyl sites for hydroxylation is 1. The molecule has 3 heteroatoms. The van der Waals surface area contributed by atoms with Crippen LogP contribution in [0.2, 0.25) is 0 Å². The number of ether oxygens (including phenoxy) is 1. The van der Waals surface area contributed by atoms with Gasteiger partial charge in [0.15, 0.2) is 0 Å². The Morgan fingerprint density at radius 3 is 2.88 bits per heavy atom. The smallest absolute Gasteiger partial charge is 0.0849 e. The van der Waals surface area contributed by atoms with Crippen LogP contribution in [0.25, 0.3) is 0 Å². The van der Waals surface area contributed by atoms with Crippen LogP contribution in [0.1, 0.15) is 44.0 Å². The fourth-order valence-corrected chi connectivity index (χ4v) is 2.57. The van der Waals surface area contributed by atoms with Crippen molar-refractivity contribution in [1.82, 2.24) is 10.3 Å². The van der Waals surface area contributed by atoms with Crippen LogP contribution < -0.4 is 5.32 Å². The summed E-state index contributed by atoms with van der Waals surface area (Å²) in [6, 6.07) is 4.46. The molecule has 1 N–H and O–H groups in total. The fourth-order valence-electron chi connectivity index (χ4n) is 2.57. The molecule has 0 radical (unpaired) electrons. The Balaban J connectivity index is 2.24. The first-order chi connectivity index (χ1) is 8.15. The van der Waals surface area contributed by atoms with Crippen LogP contribution in [0.15, 0.2) is 18.3 Å². The lowest BCUT2D eigenvalue weighted by Gasteiger charge is -2.34. The highest BCUT2D eigenvalue weighted by Crippen LogP contribution is 2.37. The molecule has 1 saturated heterocycles. The van der Waals surface area contributed by atoms with E-state index in [0.717, 1.165) is 31.7 Å². The molecule has 1 aromatic heterocycles. The maximum Gasteiger partial charge on any atom is 0.0849 e. The summed E-state index contributed by atoms with van der Waals surface area (Å²) in [6.07, 6.45) is 4.23. The van der Waals surface area contributed by atoms with Crippen LogP contribution in [-0.4, -0.2) is 23.7 Å². The molecule has 1 aliphatic rings. The first-order valence-corrected chi connectivity index (χ1v) is 6.45. The van der Waals surface area contributed by atoms with Crippen LogP contribution >= 0.6 is 0 Å². The summed E-state index contributed by atoms with van der Waals surface area (Å²) in [6.45, 7) is 8.16. The summed E-state index contributed by atoms with van der Waals surface area (Å²) in [5.41, 5.74) is 2.19. The molecule has 0 spiro atoms. The highest BCUT2D eigenvalue weighted by atomic mass is 16.5. The molecular formula is C14H22N2O. The Morgan fingerprint density at radius 1 is 1.53 bits per heavy atom. The maximum atomic E-state index is 5.95. The van der Waals surface area contributed by atoms with Gasteiger partial charge in [0.05, 0.1) is 11.6 Å². The van der Waals surface area contributed by atoms with Crippen molar-refractivity contribution in [3.63, 3.8) is 0 Å². The highest BCUT2D eigenvalue weighted by Gasteiger charge is 2.38. The molecule has 17 heavy (non-hydrogen) atoms. The third-order valence-corrected chi connectivity index (χ3v) is 3.54. The van der Waals surface area contributed by atoms with Crippen molar-refractivity contribution < 1.29 is 4.74 Å². The molecule has 2 atom stereocenters. The lowest BCUT2D eigenvalue weighted by Crippen LogP contribution is -2.41. The van der Waals surface area contributed by atoms with Gasteiger partial charge in [0.1, 0.15) is 0 Å². The van der Waals surface area contributed by atoms with Crippen LogP contribution in [0.4, 0.5) is 0 Å². The minimum atomic E-state index is -0.0903. The molecule has 1 aromatic rings. The Kier molecular flexibility index (Phi) is 3.79. The van der Waals surface area contributed by atoms with Crippen molar-refractivity contribution in [3.8, 4) is 0 Å². The first-order valence-electron chi connectivity index (χ1n) is 6.45. The van der Waals surface area contributed by atoms with Gasteiger partial charge in [-0.25, -0.2) is 0 Å². The molecule has 2 heterocycles. The molecule has 0 aliphatic carbocycles. The van der Waals surface area contributed by atoms with Gasteiger partial charge in [-0.15, -0.1) is 0 Å². The molecule has 2 unspecified atom stereocenters. The number of rotatable bonds is 4. The number of likely N-dealkylation sites (N-methyl/N-ethyl adjacent to an activating group) is 1. The Labute approximate surface area is 104 Å². The van der Waals surface area contributed by atoms with Crippen LogP contribution in [0, 0.1) is 6.92 Å². The minimum absolute atomic E-state index is 0.0903. The summed E-state index contributed by atoms with van der Waals surface area (Å²) < 4.78 is 5.95. The lowest BCUT2D eigenvalue weighted by atomic mass is 9.88. The van der Waals surface area contributed by atoms with Crippen molar-refractivity contribution in [2.75, 3.05) is 13.2 Å². The second-order valence-corrected chi connectivity index (χ2v) is 4.99. The van der Waals surface area contributed by atoms with Gasteiger partial charge >= 0.3 is 0 Å². The average molecular weight is 234 g/mol. The number of aromatic nitrogens is 1. The van der Waals surface area contributed by atoms with Gasteiger partial charge in [0, 0.05) is 18.5 Å². The average Bonchev–Trinajstić information content (AvgIpc) is 2.75. The predicted octanol–water partition coefficient (Wildman–Crippen LogP) is 2.61. The summed E-state index contributed by atoms with van der Waals surface area (Å²) in [5, 5.41) is 3.54. The van der Waals surface area contributed by atoms with E-state index in [2.05, 4.69) is 36.3 Å². The molecule has 0 aromatic carbocycles. The fraction of sp³-hybridized carbons (Fsp3) is 0.643. The predicted molar refractivity (Wildman–Crippen MR) is 69.0 cm³/mol. The summed E-state index contributed by atoms with van der Waals surface area (Å²) >= 11 is 0.